The highest BCUT2D eigenvalue weighted by Gasteiger charge is 2.23. The first-order valence-corrected chi connectivity index (χ1v) is 8.36. The van der Waals surface area contributed by atoms with E-state index >= 15 is 0 Å². The maximum Gasteiger partial charge on any atom is 0.309 e. The Morgan fingerprint density at radius 2 is 2.19 bits per heavy atom. The quantitative estimate of drug-likeness (QED) is 0.511. The second-order valence-electron chi connectivity index (χ2n) is 5.90. The summed E-state index contributed by atoms with van der Waals surface area (Å²) < 4.78 is 2.81. The molecule has 2 heterocycles. The van der Waals surface area contributed by atoms with Crippen LogP contribution >= 0.6 is 11.6 Å². The summed E-state index contributed by atoms with van der Waals surface area (Å²) in [5, 5.41) is 22.3. The number of carbonyl (C=O) groups is 1. The highest BCUT2D eigenvalue weighted by atomic mass is 35.5. The van der Waals surface area contributed by atoms with E-state index in [4.69, 9.17) is 11.6 Å². The minimum absolute atomic E-state index is 0.132. The molecule has 11 heteroatoms. The number of anilines is 1. The first-order chi connectivity index (χ1) is 12.8. The third-order valence-corrected chi connectivity index (χ3v) is 4.10. The van der Waals surface area contributed by atoms with Crippen molar-refractivity contribution in [1.82, 2.24) is 24.5 Å². The van der Waals surface area contributed by atoms with Crippen molar-refractivity contribution >= 4 is 29.1 Å². The van der Waals surface area contributed by atoms with Crippen molar-refractivity contribution in [2.75, 3.05) is 5.32 Å². The van der Waals surface area contributed by atoms with Crippen LogP contribution in [0.5, 0.6) is 0 Å². The number of hydrogen-bond acceptors (Lipinski definition) is 6. The number of carbonyl (C=O) groups excluding carboxylic acids is 1. The first-order valence-electron chi connectivity index (χ1n) is 7.98. The van der Waals surface area contributed by atoms with Gasteiger partial charge in [-0.1, -0.05) is 23.7 Å². The van der Waals surface area contributed by atoms with Gasteiger partial charge in [-0.2, -0.15) is 5.10 Å². The van der Waals surface area contributed by atoms with Crippen molar-refractivity contribution in [2.45, 2.75) is 26.4 Å². The molecule has 3 rings (SSSR count). The van der Waals surface area contributed by atoms with E-state index in [0.29, 0.717) is 11.6 Å². The van der Waals surface area contributed by atoms with Gasteiger partial charge in [0, 0.05) is 5.02 Å². The van der Waals surface area contributed by atoms with Crippen LogP contribution in [0.3, 0.4) is 0 Å². The van der Waals surface area contributed by atoms with E-state index < -0.39 is 16.9 Å². The second-order valence-corrected chi connectivity index (χ2v) is 6.33. The molecule has 0 radical (unpaired) electrons. The van der Waals surface area contributed by atoms with Gasteiger partial charge < -0.3 is 0 Å². The molecule has 1 aromatic carbocycles. The maximum atomic E-state index is 12.4. The minimum atomic E-state index is -0.766. The molecular weight excluding hydrogens is 374 g/mol. The van der Waals surface area contributed by atoms with Crippen LogP contribution in [0.2, 0.25) is 5.02 Å². The number of nitrogens with one attached hydrogen (secondary N) is 1. The zero-order chi connectivity index (χ0) is 19.6. The maximum absolute atomic E-state index is 12.4. The fourth-order valence-corrected chi connectivity index (χ4v) is 2.65. The SMILES string of the molecule is Cc1nn(C(C)C(=O)Nc2ncn(Cc3cccc(Cl)c3)n2)cc1[N+](=O)[O-]. The van der Waals surface area contributed by atoms with Crippen LogP contribution in [0.25, 0.3) is 0 Å². The average Bonchev–Trinajstić information content (AvgIpc) is 3.20. The second kappa shape index (κ2) is 7.54. The monoisotopic (exact) mass is 389 g/mol. The molecule has 0 saturated heterocycles. The molecule has 1 amide bonds. The van der Waals surface area contributed by atoms with Crippen LogP contribution in [-0.2, 0) is 11.3 Å². The molecule has 1 unspecified atom stereocenters. The summed E-state index contributed by atoms with van der Waals surface area (Å²) >= 11 is 5.96. The van der Waals surface area contributed by atoms with Crippen LogP contribution < -0.4 is 5.32 Å². The Morgan fingerprint density at radius 1 is 1.41 bits per heavy atom. The molecule has 0 spiro atoms. The summed E-state index contributed by atoms with van der Waals surface area (Å²) in [5.74, 6) is -0.305. The van der Waals surface area contributed by atoms with E-state index in [2.05, 4.69) is 20.5 Å². The number of benzene rings is 1. The van der Waals surface area contributed by atoms with E-state index in [1.165, 1.54) is 24.1 Å². The normalized spacial score (nSPS) is 12.0. The smallest absolute Gasteiger partial charge is 0.291 e. The molecule has 10 nitrogen and oxygen atoms in total. The summed E-state index contributed by atoms with van der Waals surface area (Å²) in [5.41, 5.74) is 1.04. The Bertz CT molecular complexity index is 998. The van der Waals surface area contributed by atoms with Crippen molar-refractivity contribution in [1.29, 1.82) is 0 Å². The lowest BCUT2D eigenvalue weighted by molar-refractivity contribution is -0.385. The lowest BCUT2D eigenvalue weighted by Crippen LogP contribution is -2.24. The predicted molar refractivity (Wildman–Crippen MR) is 97.5 cm³/mol. The summed E-state index contributed by atoms with van der Waals surface area (Å²) in [4.78, 5) is 26.8. The highest BCUT2D eigenvalue weighted by molar-refractivity contribution is 6.30. The van der Waals surface area contributed by atoms with Gasteiger partial charge in [0.25, 0.3) is 5.91 Å². The number of nitro groups is 1. The van der Waals surface area contributed by atoms with Gasteiger partial charge >= 0.3 is 5.69 Å². The minimum Gasteiger partial charge on any atom is -0.291 e. The number of aromatic nitrogens is 5. The average molecular weight is 390 g/mol. The van der Waals surface area contributed by atoms with Crippen molar-refractivity contribution in [3.05, 3.63) is 63.2 Å². The van der Waals surface area contributed by atoms with Gasteiger partial charge in [-0.15, -0.1) is 5.10 Å². The number of aryl methyl sites for hydroxylation is 1. The van der Waals surface area contributed by atoms with E-state index in [1.54, 1.807) is 17.7 Å². The van der Waals surface area contributed by atoms with Gasteiger partial charge in [0.1, 0.15) is 24.3 Å². The molecule has 0 aliphatic heterocycles. The van der Waals surface area contributed by atoms with Crippen LogP contribution in [0.15, 0.2) is 36.8 Å². The largest absolute Gasteiger partial charge is 0.309 e. The topological polar surface area (TPSA) is 121 Å². The fourth-order valence-electron chi connectivity index (χ4n) is 2.43. The summed E-state index contributed by atoms with van der Waals surface area (Å²) in [6, 6.07) is 6.57. The molecular formula is C16H16ClN7O3. The lowest BCUT2D eigenvalue weighted by atomic mass is 10.2. The van der Waals surface area contributed by atoms with Gasteiger partial charge in [0.2, 0.25) is 5.95 Å². The van der Waals surface area contributed by atoms with E-state index in [-0.39, 0.29) is 17.3 Å². The molecule has 0 aliphatic carbocycles. The van der Waals surface area contributed by atoms with Crippen LogP contribution in [0, 0.1) is 17.0 Å². The first kappa shape index (κ1) is 18.5. The molecule has 3 aromatic rings. The summed E-state index contributed by atoms with van der Waals surface area (Å²) in [7, 11) is 0. The van der Waals surface area contributed by atoms with Crippen LogP contribution in [-0.4, -0.2) is 35.4 Å². The third kappa shape index (κ3) is 4.29. The summed E-state index contributed by atoms with van der Waals surface area (Å²) in [6.07, 6.45) is 2.72. The van der Waals surface area contributed by atoms with E-state index in [9.17, 15) is 14.9 Å². The van der Waals surface area contributed by atoms with E-state index in [1.807, 2.05) is 18.2 Å². The van der Waals surface area contributed by atoms with Gasteiger partial charge in [0.15, 0.2) is 0 Å². The molecule has 0 aliphatic rings. The predicted octanol–water partition coefficient (Wildman–Crippen LogP) is 2.59. The molecule has 1 atom stereocenters. The zero-order valence-electron chi connectivity index (χ0n) is 14.5. The Hall–Kier alpha value is -3.27. The third-order valence-electron chi connectivity index (χ3n) is 3.87. The van der Waals surface area contributed by atoms with Gasteiger partial charge in [-0.05, 0) is 31.5 Å². The molecule has 0 saturated carbocycles. The van der Waals surface area contributed by atoms with Crippen LogP contribution in [0.4, 0.5) is 11.6 Å². The standard InChI is InChI=1S/C16H16ClN7O3/c1-10-14(24(26)27)8-23(20-10)11(2)15(25)19-16-18-9-22(21-16)7-12-4-3-5-13(17)6-12/h3-6,8-9,11H,7H2,1-2H3,(H,19,21,25). The Kier molecular flexibility index (Phi) is 5.17. The zero-order valence-corrected chi connectivity index (χ0v) is 15.3. The molecule has 1 N–H and O–H groups in total. The Morgan fingerprint density at radius 3 is 2.85 bits per heavy atom. The van der Waals surface area contributed by atoms with Gasteiger partial charge in [-0.3, -0.25) is 24.9 Å². The molecule has 2 aromatic heterocycles. The number of rotatable bonds is 6. The molecule has 27 heavy (non-hydrogen) atoms. The highest BCUT2D eigenvalue weighted by Crippen LogP contribution is 2.19. The molecule has 0 bridgehead atoms. The Labute approximate surface area is 158 Å². The molecule has 0 fully saturated rings. The lowest BCUT2D eigenvalue weighted by Gasteiger charge is -2.10. The van der Waals surface area contributed by atoms with Gasteiger partial charge in [-0.25, -0.2) is 9.67 Å². The van der Waals surface area contributed by atoms with Crippen molar-refractivity contribution < 1.29 is 9.72 Å². The van der Waals surface area contributed by atoms with Crippen molar-refractivity contribution in [2.24, 2.45) is 0 Å². The van der Waals surface area contributed by atoms with E-state index in [0.717, 1.165) is 5.56 Å². The fraction of sp³-hybridized carbons (Fsp3) is 0.250. The van der Waals surface area contributed by atoms with Crippen molar-refractivity contribution in [3.8, 4) is 0 Å². The number of halogens is 1. The van der Waals surface area contributed by atoms with Crippen molar-refractivity contribution in [3.63, 3.8) is 0 Å². The van der Waals surface area contributed by atoms with Gasteiger partial charge in [0.05, 0.1) is 11.5 Å². The number of hydrogen-bond donors (Lipinski definition) is 1. The summed E-state index contributed by atoms with van der Waals surface area (Å²) in [6.45, 7) is 3.54. The molecule has 140 valence electrons. The number of nitrogens with zero attached hydrogens (tertiary/aromatic N) is 6. The van der Waals surface area contributed by atoms with Crippen LogP contribution in [0.1, 0.15) is 24.2 Å². The Balaban J connectivity index is 1.66. The number of amides is 1.